The Balaban J connectivity index is 2.10. The molecule has 0 amide bonds. The van der Waals surface area contributed by atoms with Crippen molar-refractivity contribution in [3.05, 3.63) is 34.9 Å². The Kier molecular flexibility index (Phi) is 3.91. The van der Waals surface area contributed by atoms with E-state index in [4.69, 9.17) is 0 Å². The summed E-state index contributed by atoms with van der Waals surface area (Å²) in [5.74, 6) is 0. The molecule has 17 heavy (non-hydrogen) atoms. The maximum atomic E-state index is 2.48. The molecule has 1 aromatic carbocycles. The maximum Gasteiger partial charge on any atom is -0.0103 e. The van der Waals surface area contributed by atoms with Crippen LogP contribution in [0, 0.1) is 0 Å². The molecule has 0 aliphatic heterocycles. The zero-order valence-electron chi connectivity index (χ0n) is 11.7. The van der Waals surface area contributed by atoms with Gasteiger partial charge in [-0.25, -0.2) is 0 Å². The Morgan fingerprint density at radius 3 is 2.59 bits per heavy atom. The largest absolute Gasteiger partial charge is 0.0654 e. The Labute approximate surface area is 106 Å². The third-order valence-electron chi connectivity index (χ3n) is 4.29. The van der Waals surface area contributed by atoms with Crippen LogP contribution >= 0.6 is 0 Å². The fourth-order valence-electron chi connectivity index (χ4n) is 2.95. The Morgan fingerprint density at radius 1 is 1.06 bits per heavy atom. The molecule has 2 rings (SSSR count). The standard InChI is InChI=1S/C17H26/c1-4-5-6-12-17(2,3)16-11-10-14-8-7-9-15(14)13-16/h10-11,13H,4-9,12H2,1-3H3. The van der Waals surface area contributed by atoms with Crippen LogP contribution in [0.15, 0.2) is 18.2 Å². The lowest BCUT2D eigenvalue weighted by atomic mass is 9.79. The van der Waals surface area contributed by atoms with Crippen LogP contribution in [-0.2, 0) is 18.3 Å². The van der Waals surface area contributed by atoms with Crippen LogP contribution in [0.5, 0.6) is 0 Å². The molecule has 1 aliphatic rings. The molecule has 0 bridgehead atoms. The molecule has 0 radical (unpaired) electrons. The van der Waals surface area contributed by atoms with Crippen LogP contribution in [0.3, 0.4) is 0 Å². The van der Waals surface area contributed by atoms with Crippen molar-refractivity contribution in [1.29, 1.82) is 0 Å². The summed E-state index contributed by atoms with van der Waals surface area (Å²) in [5, 5.41) is 0. The van der Waals surface area contributed by atoms with E-state index in [2.05, 4.69) is 39.0 Å². The lowest BCUT2D eigenvalue weighted by Crippen LogP contribution is -2.17. The predicted octanol–water partition coefficient (Wildman–Crippen LogP) is 5.03. The van der Waals surface area contributed by atoms with Crippen molar-refractivity contribution in [1.82, 2.24) is 0 Å². The summed E-state index contributed by atoms with van der Waals surface area (Å²) in [6.07, 6.45) is 9.32. The first-order valence-electron chi connectivity index (χ1n) is 7.26. The second-order valence-corrected chi connectivity index (χ2v) is 6.18. The van der Waals surface area contributed by atoms with E-state index in [1.807, 2.05) is 0 Å². The number of rotatable bonds is 5. The van der Waals surface area contributed by atoms with Gasteiger partial charge in [-0.1, -0.05) is 58.2 Å². The van der Waals surface area contributed by atoms with Gasteiger partial charge in [-0.3, -0.25) is 0 Å². The average Bonchev–Trinajstić information content (AvgIpc) is 2.76. The molecule has 1 aromatic rings. The molecule has 0 nitrogen and oxygen atoms in total. The highest BCUT2D eigenvalue weighted by molar-refractivity contribution is 5.38. The molecule has 0 heterocycles. The molecule has 0 unspecified atom stereocenters. The topological polar surface area (TPSA) is 0 Å². The summed E-state index contributed by atoms with van der Waals surface area (Å²) in [6, 6.07) is 7.23. The monoisotopic (exact) mass is 230 g/mol. The summed E-state index contributed by atoms with van der Waals surface area (Å²) in [5.41, 5.74) is 5.12. The SMILES string of the molecule is CCCCCC(C)(C)c1ccc2c(c1)CCC2. The molecular weight excluding hydrogens is 204 g/mol. The number of fused-ring (bicyclic) bond motifs is 1. The molecule has 1 aliphatic carbocycles. The van der Waals surface area contributed by atoms with Gasteiger partial charge in [-0.05, 0) is 47.8 Å². The first-order chi connectivity index (χ1) is 8.13. The summed E-state index contributed by atoms with van der Waals surface area (Å²) < 4.78 is 0. The molecule has 0 N–H and O–H groups in total. The molecule has 94 valence electrons. The van der Waals surface area contributed by atoms with E-state index >= 15 is 0 Å². The second-order valence-electron chi connectivity index (χ2n) is 6.18. The number of unbranched alkanes of at least 4 members (excludes halogenated alkanes) is 2. The van der Waals surface area contributed by atoms with Crippen LogP contribution in [0.2, 0.25) is 0 Å². The van der Waals surface area contributed by atoms with Crippen LogP contribution in [0.25, 0.3) is 0 Å². The predicted molar refractivity (Wildman–Crippen MR) is 75.6 cm³/mol. The molecule has 0 atom stereocenters. The first-order valence-corrected chi connectivity index (χ1v) is 7.26. The summed E-state index contributed by atoms with van der Waals surface area (Å²) in [6.45, 7) is 7.08. The van der Waals surface area contributed by atoms with Crippen molar-refractivity contribution in [2.45, 2.75) is 71.1 Å². The maximum absolute atomic E-state index is 2.48. The summed E-state index contributed by atoms with van der Waals surface area (Å²) in [7, 11) is 0. The normalized spacial score (nSPS) is 15.0. The van der Waals surface area contributed by atoms with E-state index < -0.39 is 0 Å². The highest BCUT2D eigenvalue weighted by Gasteiger charge is 2.22. The smallest absolute Gasteiger partial charge is 0.0103 e. The average molecular weight is 230 g/mol. The van der Waals surface area contributed by atoms with Gasteiger partial charge in [-0.2, -0.15) is 0 Å². The summed E-state index contributed by atoms with van der Waals surface area (Å²) >= 11 is 0. The van der Waals surface area contributed by atoms with Gasteiger partial charge in [-0.15, -0.1) is 0 Å². The van der Waals surface area contributed by atoms with E-state index in [0.29, 0.717) is 5.41 Å². The van der Waals surface area contributed by atoms with Gasteiger partial charge in [0, 0.05) is 0 Å². The van der Waals surface area contributed by atoms with Crippen molar-refractivity contribution in [2.24, 2.45) is 0 Å². The van der Waals surface area contributed by atoms with Crippen molar-refractivity contribution >= 4 is 0 Å². The van der Waals surface area contributed by atoms with Crippen LogP contribution < -0.4 is 0 Å². The molecular formula is C17H26. The highest BCUT2D eigenvalue weighted by atomic mass is 14.3. The number of hydrogen-bond donors (Lipinski definition) is 0. The minimum atomic E-state index is 0.354. The number of benzene rings is 1. The van der Waals surface area contributed by atoms with Gasteiger partial charge < -0.3 is 0 Å². The Bertz CT molecular complexity index is 374. The minimum Gasteiger partial charge on any atom is -0.0654 e. The third-order valence-corrected chi connectivity index (χ3v) is 4.29. The van der Waals surface area contributed by atoms with Gasteiger partial charge in [0.05, 0.1) is 0 Å². The molecule has 0 aromatic heterocycles. The van der Waals surface area contributed by atoms with E-state index in [0.717, 1.165) is 0 Å². The van der Waals surface area contributed by atoms with E-state index in [1.54, 1.807) is 16.7 Å². The Morgan fingerprint density at radius 2 is 1.82 bits per heavy atom. The molecule has 0 saturated carbocycles. The zero-order chi connectivity index (χ0) is 12.3. The molecule has 0 saturated heterocycles. The van der Waals surface area contributed by atoms with Crippen LogP contribution in [0.1, 0.15) is 69.6 Å². The fourth-order valence-corrected chi connectivity index (χ4v) is 2.95. The second kappa shape index (κ2) is 5.25. The fraction of sp³-hybridized carbons (Fsp3) is 0.647. The van der Waals surface area contributed by atoms with Gasteiger partial charge in [0.15, 0.2) is 0 Å². The highest BCUT2D eigenvalue weighted by Crippen LogP contribution is 2.32. The number of hydrogen-bond acceptors (Lipinski definition) is 0. The number of aryl methyl sites for hydroxylation is 2. The minimum absolute atomic E-state index is 0.354. The quantitative estimate of drug-likeness (QED) is 0.622. The molecule has 0 fully saturated rings. The van der Waals surface area contributed by atoms with Crippen molar-refractivity contribution in [2.75, 3.05) is 0 Å². The lowest BCUT2D eigenvalue weighted by molar-refractivity contribution is 0.450. The molecule has 0 spiro atoms. The van der Waals surface area contributed by atoms with E-state index in [1.165, 1.54) is 44.9 Å². The van der Waals surface area contributed by atoms with Crippen molar-refractivity contribution in [3.8, 4) is 0 Å². The lowest BCUT2D eigenvalue weighted by Gasteiger charge is -2.26. The molecule has 0 heteroatoms. The van der Waals surface area contributed by atoms with Gasteiger partial charge in [0.25, 0.3) is 0 Å². The first kappa shape index (κ1) is 12.7. The van der Waals surface area contributed by atoms with Gasteiger partial charge in [0.1, 0.15) is 0 Å². The van der Waals surface area contributed by atoms with Crippen LogP contribution in [-0.4, -0.2) is 0 Å². The Hall–Kier alpha value is -0.780. The van der Waals surface area contributed by atoms with Gasteiger partial charge in [0.2, 0.25) is 0 Å². The van der Waals surface area contributed by atoms with Crippen molar-refractivity contribution in [3.63, 3.8) is 0 Å². The zero-order valence-corrected chi connectivity index (χ0v) is 11.7. The van der Waals surface area contributed by atoms with Gasteiger partial charge >= 0.3 is 0 Å². The van der Waals surface area contributed by atoms with E-state index in [-0.39, 0.29) is 0 Å². The third kappa shape index (κ3) is 2.91. The van der Waals surface area contributed by atoms with Crippen LogP contribution in [0.4, 0.5) is 0 Å². The van der Waals surface area contributed by atoms with Crippen molar-refractivity contribution < 1.29 is 0 Å². The van der Waals surface area contributed by atoms with E-state index in [9.17, 15) is 0 Å². The summed E-state index contributed by atoms with van der Waals surface area (Å²) in [4.78, 5) is 0.